The average molecular weight is 1150 g/mol. The maximum atomic E-state index is 14.0. The molecule has 4 aromatic carbocycles. The first kappa shape index (κ1) is 60.2. The van der Waals surface area contributed by atoms with Gasteiger partial charge in [0.2, 0.25) is 26.0 Å². The highest BCUT2D eigenvalue weighted by Gasteiger charge is 2.40. The van der Waals surface area contributed by atoms with E-state index in [9.17, 15) is 36.0 Å². The molecule has 3 saturated heterocycles. The quantitative estimate of drug-likeness (QED) is 0.0848. The number of cyclic esters (lactones) is 2. The largest absolute Gasteiger partial charge is 0.481 e. The lowest BCUT2D eigenvalue weighted by Gasteiger charge is -2.41. The Kier molecular flexibility index (Phi) is 21.1. The van der Waals surface area contributed by atoms with Gasteiger partial charge in [-0.1, -0.05) is 92.0 Å². The number of rotatable bonds is 13. The molecule has 77 heavy (non-hydrogen) atoms. The molecule has 1 N–H and O–H groups in total. The van der Waals surface area contributed by atoms with Gasteiger partial charge in [-0.05, 0) is 144 Å². The number of aryl methyl sites for hydroxylation is 2. The predicted octanol–water partition coefficient (Wildman–Crippen LogP) is 11.2. The fourth-order valence-corrected chi connectivity index (χ4v) is 13.9. The molecule has 408 valence electrons. The van der Waals surface area contributed by atoms with Gasteiger partial charge in [-0.25, -0.2) is 16.8 Å². The van der Waals surface area contributed by atoms with Gasteiger partial charge in [0.15, 0.2) is 0 Å². The highest BCUT2D eigenvalue weighted by molar-refractivity contribution is 7.89. The normalized spacial score (nSPS) is 17.0. The highest BCUT2D eigenvalue weighted by atomic mass is 35.5. The van der Waals surface area contributed by atoms with Crippen molar-refractivity contribution < 1.29 is 45.9 Å². The average Bonchev–Trinajstić information content (AvgIpc) is 3.83. The second kappa shape index (κ2) is 27.0. The van der Waals surface area contributed by atoms with Crippen molar-refractivity contribution in [2.24, 2.45) is 0 Å². The third-order valence-corrected chi connectivity index (χ3v) is 18.7. The Morgan fingerprint density at radius 1 is 0.649 bits per heavy atom. The van der Waals surface area contributed by atoms with Crippen molar-refractivity contribution in [3.8, 4) is 22.3 Å². The summed E-state index contributed by atoms with van der Waals surface area (Å²) in [7, 11) is -7.63. The Balaban J connectivity index is 0.000000221. The number of carboxylic acid groups (broad SMARTS) is 1. The van der Waals surface area contributed by atoms with Crippen LogP contribution in [0.3, 0.4) is 0 Å². The molecule has 0 saturated carbocycles. The zero-order valence-electron chi connectivity index (χ0n) is 43.2. The standard InChI is InChI=1S/C28H30ClN3O5S.C25H27ClN2O2S.C4H4O3.ClH/c1-3-20-17-30-13-12-23(20)21-6-4-7-22(16-21)25-18-31(27(33)10-11-28(34)35)14-15-32(25)38(36,37)26-9-5-8-24(29)19(26)2;1-3-19-17-27-14-13-22(19)20-8-6-9-21(16-20)24-11-4-5-15-28(24)31(29,30)25-12-7-10-23(26)18(25)2;5-3-1-2-4(6)7-3;/h4-9,12-13,16-17,25H,3,10-11,14-15,18H2,1-2H3,(H,34,35);6-10,12-14,16-17,24H,3-5,11,15H2,1-2H3;1-2H2;1H. The molecule has 1 amide bonds. The molecule has 0 bridgehead atoms. The molecular weight excluding hydrogens is 1090 g/mol. The number of piperidine rings is 1. The lowest BCUT2D eigenvalue weighted by atomic mass is 9.93. The number of halogens is 3. The molecule has 3 aliphatic rings. The molecule has 0 aliphatic carbocycles. The molecule has 3 fully saturated rings. The monoisotopic (exact) mass is 1150 g/mol. The van der Waals surface area contributed by atoms with Crippen LogP contribution < -0.4 is 0 Å². The van der Waals surface area contributed by atoms with Gasteiger partial charge in [0.1, 0.15) is 0 Å². The van der Waals surface area contributed by atoms with E-state index in [2.05, 4.69) is 33.8 Å². The summed E-state index contributed by atoms with van der Waals surface area (Å²) >= 11 is 12.5. The third-order valence-electron chi connectivity index (χ3n) is 13.8. The maximum absolute atomic E-state index is 14.0. The summed E-state index contributed by atoms with van der Waals surface area (Å²) in [6, 6.07) is 28.9. The summed E-state index contributed by atoms with van der Waals surface area (Å²) in [5.74, 6) is -2.16. The minimum atomic E-state index is -3.97. The highest BCUT2D eigenvalue weighted by Crippen LogP contribution is 2.40. The third kappa shape index (κ3) is 14.4. The Morgan fingerprint density at radius 2 is 1.13 bits per heavy atom. The van der Waals surface area contributed by atoms with Gasteiger partial charge >= 0.3 is 17.9 Å². The van der Waals surface area contributed by atoms with Crippen LogP contribution in [-0.4, -0.2) is 95.4 Å². The number of carbonyl (C=O) groups excluding carboxylic acids is 3. The van der Waals surface area contributed by atoms with E-state index in [4.69, 9.17) is 28.3 Å². The molecule has 2 aromatic heterocycles. The number of pyridine rings is 2. The summed E-state index contributed by atoms with van der Waals surface area (Å²) in [5, 5.41) is 9.85. The second-order valence-electron chi connectivity index (χ2n) is 18.6. The van der Waals surface area contributed by atoms with Gasteiger partial charge in [-0.2, -0.15) is 8.61 Å². The van der Waals surface area contributed by atoms with Crippen LogP contribution in [0.25, 0.3) is 22.3 Å². The summed E-state index contributed by atoms with van der Waals surface area (Å²) in [6.45, 7) is 8.46. The number of carboxylic acids is 1. The van der Waals surface area contributed by atoms with Gasteiger partial charge in [-0.3, -0.25) is 29.1 Å². The van der Waals surface area contributed by atoms with E-state index in [0.717, 1.165) is 71.0 Å². The smallest absolute Gasteiger partial charge is 0.314 e. The van der Waals surface area contributed by atoms with E-state index in [0.29, 0.717) is 32.6 Å². The Morgan fingerprint density at radius 3 is 1.60 bits per heavy atom. The summed E-state index contributed by atoms with van der Waals surface area (Å²) in [6.07, 6.45) is 11.7. The van der Waals surface area contributed by atoms with Gasteiger partial charge in [0, 0.05) is 67.4 Å². The molecule has 0 radical (unpaired) electrons. The number of piperazine rings is 1. The van der Waals surface area contributed by atoms with Crippen LogP contribution in [-0.2, 0) is 56.8 Å². The number of benzene rings is 4. The molecule has 2 atom stereocenters. The van der Waals surface area contributed by atoms with Crippen LogP contribution in [0.15, 0.2) is 132 Å². The summed E-state index contributed by atoms with van der Waals surface area (Å²) in [5.41, 5.74) is 9.26. The zero-order chi connectivity index (χ0) is 54.7. The number of sulfonamides is 2. The molecule has 2 unspecified atom stereocenters. The van der Waals surface area contributed by atoms with Crippen LogP contribution in [0, 0.1) is 13.8 Å². The maximum Gasteiger partial charge on any atom is 0.314 e. The summed E-state index contributed by atoms with van der Waals surface area (Å²) in [4.78, 5) is 54.3. The van der Waals surface area contributed by atoms with Crippen LogP contribution in [0.4, 0.5) is 0 Å². The van der Waals surface area contributed by atoms with E-state index in [-0.39, 0.29) is 74.6 Å². The van der Waals surface area contributed by atoms with Crippen molar-refractivity contribution in [1.29, 1.82) is 0 Å². The fraction of sp³-hybridized carbons (Fsp3) is 0.333. The van der Waals surface area contributed by atoms with Gasteiger partial charge in [0.25, 0.3) is 0 Å². The number of ether oxygens (including phenoxy) is 1. The number of hydrogen-bond acceptors (Lipinski definition) is 11. The van der Waals surface area contributed by atoms with Crippen molar-refractivity contribution in [2.45, 2.75) is 107 Å². The molecule has 5 heterocycles. The lowest BCUT2D eigenvalue weighted by molar-refractivity contribution is -0.152. The summed E-state index contributed by atoms with van der Waals surface area (Å²) < 4.78 is 62.4. The first-order valence-corrected chi connectivity index (χ1v) is 28.8. The lowest BCUT2D eigenvalue weighted by Crippen LogP contribution is -2.52. The number of amides is 1. The Hall–Kier alpha value is -6.05. The molecule has 9 rings (SSSR count). The van der Waals surface area contributed by atoms with Crippen molar-refractivity contribution in [1.82, 2.24) is 23.5 Å². The number of hydrogen-bond donors (Lipinski definition) is 1. The Labute approximate surface area is 467 Å². The topological polar surface area (TPSA) is 202 Å². The van der Waals surface area contributed by atoms with Crippen LogP contribution >= 0.6 is 35.6 Å². The molecule has 15 nitrogen and oxygen atoms in total. The number of nitrogens with zero attached hydrogens (tertiary/aromatic N) is 5. The van der Waals surface area contributed by atoms with Crippen molar-refractivity contribution in [3.05, 3.63) is 165 Å². The van der Waals surface area contributed by atoms with Gasteiger partial charge < -0.3 is 14.7 Å². The second-order valence-corrected chi connectivity index (χ2v) is 23.1. The number of aliphatic carboxylic acids is 1. The van der Waals surface area contributed by atoms with Crippen molar-refractivity contribution >= 4 is 79.5 Å². The first-order chi connectivity index (χ1) is 36.3. The van der Waals surface area contributed by atoms with Crippen molar-refractivity contribution in [2.75, 3.05) is 26.2 Å². The van der Waals surface area contributed by atoms with Crippen LogP contribution in [0.2, 0.25) is 10.0 Å². The van der Waals surface area contributed by atoms with Gasteiger partial charge in [0.05, 0.1) is 41.1 Å². The number of carbonyl (C=O) groups is 4. The number of aromatic nitrogens is 2. The molecule has 0 spiro atoms. The molecule has 3 aliphatic heterocycles. The van der Waals surface area contributed by atoms with E-state index in [1.165, 1.54) is 9.87 Å². The van der Waals surface area contributed by atoms with Crippen LogP contribution in [0.1, 0.15) is 104 Å². The van der Waals surface area contributed by atoms with E-state index < -0.39 is 44.0 Å². The van der Waals surface area contributed by atoms with Crippen molar-refractivity contribution in [3.63, 3.8) is 0 Å². The number of esters is 2. The zero-order valence-corrected chi connectivity index (χ0v) is 47.2. The van der Waals surface area contributed by atoms with E-state index in [1.54, 1.807) is 71.8 Å². The van der Waals surface area contributed by atoms with E-state index >= 15 is 0 Å². The Bertz CT molecular complexity index is 3330. The molecular formula is C57H62Cl3N5O10S2. The SMILES string of the molecule is CCc1cnccc1-c1cccc(C2CCCCN2S(=O)(=O)c2cccc(Cl)c2C)c1.CCc1cnccc1-c1cccc(C2CN(C(=O)CCC(=O)O)CCN2S(=O)(=O)c2cccc(Cl)c2C)c1.Cl.O=C1CCC(=O)O1. The molecule has 20 heteroatoms. The molecule has 6 aromatic rings. The first-order valence-electron chi connectivity index (χ1n) is 25.2. The minimum Gasteiger partial charge on any atom is -0.481 e. The minimum absolute atomic E-state index is 0. The van der Waals surface area contributed by atoms with Gasteiger partial charge in [-0.15, -0.1) is 12.4 Å². The fourth-order valence-electron chi connectivity index (χ4n) is 9.68. The van der Waals surface area contributed by atoms with Crippen LogP contribution in [0.5, 0.6) is 0 Å². The van der Waals surface area contributed by atoms with E-state index in [1.807, 2.05) is 67.8 Å². The predicted molar refractivity (Wildman–Crippen MR) is 299 cm³/mol.